The second kappa shape index (κ2) is 4.53. The zero-order chi connectivity index (χ0) is 13.5. The Kier molecular flexibility index (Phi) is 2.68. The molecule has 5 nitrogen and oxygen atoms in total. The Labute approximate surface area is 122 Å². The van der Waals surface area contributed by atoms with Crippen LogP contribution in [0.3, 0.4) is 0 Å². The number of aromatic nitrogens is 3. The Morgan fingerprint density at radius 2 is 2.15 bits per heavy atom. The third-order valence-electron chi connectivity index (χ3n) is 3.02. The second-order valence-corrected chi connectivity index (χ2v) is 6.26. The number of anilines is 2. The molecule has 3 heterocycles. The number of hydrogen-bond donors (Lipinski definition) is 1. The van der Waals surface area contributed by atoms with Gasteiger partial charge in [-0.3, -0.25) is 4.79 Å². The highest BCUT2D eigenvalue weighted by atomic mass is 32.2. The average molecular weight is 300 g/mol. The first kappa shape index (κ1) is 11.8. The fourth-order valence-electron chi connectivity index (χ4n) is 2.11. The summed E-state index contributed by atoms with van der Waals surface area (Å²) in [6.45, 7) is 0. The third kappa shape index (κ3) is 1.95. The first-order chi connectivity index (χ1) is 9.79. The third-order valence-corrected chi connectivity index (χ3v) is 4.73. The quantitative estimate of drug-likeness (QED) is 0.784. The van der Waals surface area contributed by atoms with Gasteiger partial charge in [-0.2, -0.15) is 0 Å². The Balaban J connectivity index is 1.71. The highest BCUT2D eigenvalue weighted by molar-refractivity contribution is 8.14. The largest absolute Gasteiger partial charge is 0.338 e. The number of thiazole rings is 1. The van der Waals surface area contributed by atoms with E-state index in [0.717, 1.165) is 26.5 Å². The van der Waals surface area contributed by atoms with E-state index >= 15 is 0 Å². The van der Waals surface area contributed by atoms with E-state index in [1.165, 1.54) is 29.4 Å². The molecule has 1 aliphatic rings. The molecule has 0 aliphatic carbocycles. The summed E-state index contributed by atoms with van der Waals surface area (Å²) in [6, 6.07) is 5.92. The van der Waals surface area contributed by atoms with Crippen molar-refractivity contribution in [3.63, 3.8) is 0 Å². The summed E-state index contributed by atoms with van der Waals surface area (Å²) >= 11 is 2.78. The molecule has 98 valence electrons. The maximum absolute atomic E-state index is 11.4. The number of fused-ring (bicyclic) bond motifs is 2. The summed E-state index contributed by atoms with van der Waals surface area (Å²) in [5.41, 5.74) is 4.51. The predicted octanol–water partition coefficient (Wildman–Crippen LogP) is 3.00. The topological polar surface area (TPSA) is 67.8 Å². The van der Waals surface area contributed by atoms with E-state index in [4.69, 9.17) is 0 Å². The average Bonchev–Trinajstić information content (AvgIpc) is 3.03. The molecule has 4 rings (SSSR count). The molecule has 1 aromatic carbocycles. The van der Waals surface area contributed by atoms with Crippen LogP contribution in [0.1, 0.15) is 5.56 Å². The van der Waals surface area contributed by atoms with Crippen LogP contribution in [-0.4, -0.2) is 20.1 Å². The first-order valence-electron chi connectivity index (χ1n) is 5.94. The molecule has 2 aromatic heterocycles. The van der Waals surface area contributed by atoms with Gasteiger partial charge in [0.25, 0.3) is 0 Å². The summed E-state index contributed by atoms with van der Waals surface area (Å²) in [5, 5.41) is 3.44. The van der Waals surface area contributed by atoms with Crippen molar-refractivity contribution in [3.8, 4) is 0 Å². The van der Waals surface area contributed by atoms with E-state index in [-0.39, 0.29) is 5.12 Å². The van der Waals surface area contributed by atoms with E-state index in [2.05, 4.69) is 20.3 Å². The van der Waals surface area contributed by atoms with E-state index in [1.807, 2.05) is 18.2 Å². The lowest BCUT2D eigenvalue weighted by molar-refractivity contribution is -0.110. The molecule has 0 radical (unpaired) electrons. The molecule has 1 aliphatic heterocycles. The van der Waals surface area contributed by atoms with Crippen molar-refractivity contribution in [2.24, 2.45) is 0 Å². The molecule has 0 atom stereocenters. The van der Waals surface area contributed by atoms with Gasteiger partial charge in [0, 0.05) is 17.0 Å². The molecule has 20 heavy (non-hydrogen) atoms. The van der Waals surface area contributed by atoms with Crippen molar-refractivity contribution >= 4 is 50.1 Å². The van der Waals surface area contributed by atoms with Crippen molar-refractivity contribution < 1.29 is 4.79 Å². The molecule has 0 saturated heterocycles. The van der Waals surface area contributed by atoms with Gasteiger partial charge in [-0.15, -0.1) is 11.3 Å². The Hall–Kier alpha value is -1.99. The van der Waals surface area contributed by atoms with Gasteiger partial charge in [0.15, 0.2) is 10.9 Å². The Morgan fingerprint density at radius 1 is 1.20 bits per heavy atom. The number of hydrogen-bond acceptors (Lipinski definition) is 7. The van der Waals surface area contributed by atoms with Crippen LogP contribution in [0.2, 0.25) is 0 Å². The highest BCUT2D eigenvalue weighted by Gasteiger charge is 2.19. The zero-order valence-electron chi connectivity index (χ0n) is 10.2. The Morgan fingerprint density at radius 3 is 3.10 bits per heavy atom. The molecule has 0 unspecified atom stereocenters. The van der Waals surface area contributed by atoms with Gasteiger partial charge in [-0.1, -0.05) is 17.8 Å². The lowest BCUT2D eigenvalue weighted by atomic mass is 10.1. The van der Waals surface area contributed by atoms with E-state index in [0.29, 0.717) is 12.2 Å². The monoisotopic (exact) mass is 300 g/mol. The summed E-state index contributed by atoms with van der Waals surface area (Å²) in [4.78, 5) is 26.0. The second-order valence-electron chi connectivity index (χ2n) is 4.33. The van der Waals surface area contributed by atoms with Gasteiger partial charge < -0.3 is 5.32 Å². The fraction of sp³-hybridized carbons (Fsp3) is 0.0769. The van der Waals surface area contributed by atoms with Gasteiger partial charge in [-0.25, -0.2) is 15.0 Å². The number of benzene rings is 1. The standard InChI is InChI=1S/C13H8N4OS2/c18-10-3-7-1-2-8(4-9(7)20-10)17-12-11-13(15-5-14-12)19-6-16-11/h1-2,4-6H,3H2,(H,14,15,17). The summed E-state index contributed by atoms with van der Waals surface area (Å²) in [6.07, 6.45) is 2.04. The van der Waals surface area contributed by atoms with Crippen LogP contribution in [0.15, 0.2) is 34.9 Å². The summed E-state index contributed by atoms with van der Waals surface area (Å²) in [5.74, 6) is 0.686. The molecule has 7 heteroatoms. The van der Waals surface area contributed by atoms with Crippen molar-refractivity contribution in [1.29, 1.82) is 0 Å². The minimum Gasteiger partial charge on any atom is -0.338 e. The van der Waals surface area contributed by atoms with Crippen molar-refractivity contribution in [1.82, 2.24) is 15.0 Å². The SMILES string of the molecule is O=C1Cc2ccc(Nc3ncnc4scnc34)cc2S1. The van der Waals surface area contributed by atoms with Crippen molar-refractivity contribution in [2.45, 2.75) is 11.3 Å². The minimum absolute atomic E-state index is 0.195. The molecule has 0 amide bonds. The van der Waals surface area contributed by atoms with Gasteiger partial charge in [0.1, 0.15) is 16.7 Å². The molecule has 0 spiro atoms. The van der Waals surface area contributed by atoms with Crippen LogP contribution in [0, 0.1) is 0 Å². The number of nitrogens with one attached hydrogen (secondary N) is 1. The molecule has 1 N–H and O–H groups in total. The van der Waals surface area contributed by atoms with Crippen molar-refractivity contribution in [2.75, 3.05) is 5.32 Å². The molecular weight excluding hydrogens is 292 g/mol. The maximum Gasteiger partial charge on any atom is 0.198 e. The molecule has 3 aromatic rings. The fourth-order valence-corrected chi connectivity index (χ4v) is 3.67. The van der Waals surface area contributed by atoms with Crippen LogP contribution in [0.25, 0.3) is 10.3 Å². The normalized spacial score (nSPS) is 13.7. The van der Waals surface area contributed by atoms with E-state index in [1.54, 1.807) is 5.51 Å². The molecule has 0 bridgehead atoms. The Bertz CT molecular complexity index is 830. The summed E-state index contributed by atoms with van der Waals surface area (Å²) in [7, 11) is 0. The molecule has 0 fully saturated rings. The van der Waals surface area contributed by atoms with Gasteiger partial charge in [-0.05, 0) is 17.7 Å². The van der Waals surface area contributed by atoms with Crippen LogP contribution < -0.4 is 5.32 Å². The minimum atomic E-state index is 0.195. The van der Waals surface area contributed by atoms with Crippen LogP contribution in [-0.2, 0) is 11.2 Å². The molecule has 0 saturated carbocycles. The van der Waals surface area contributed by atoms with Gasteiger partial charge >= 0.3 is 0 Å². The number of thioether (sulfide) groups is 1. The number of carbonyl (C=O) groups is 1. The van der Waals surface area contributed by atoms with Crippen LogP contribution in [0.5, 0.6) is 0 Å². The van der Waals surface area contributed by atoms with Gasteiger partial charge in [0.2, 0.25) is 0 Å². The number of nitrogens with zero attached hydrogens (tertiary/aromatic N) is 3. The van der Waals surface area contributed by atoms with Crippen molar-refractivity contribution in [3.05, 3.63) is 35.6 Å². The number of rotatable bonds is 2. The summed E-state index contributed by atoms with van der Waals surface area (Å²) < 4.78 is 0. The van der Waals surface area contributed by atoms with Crippen LogP contribution >= 0.6 is 23.1 Å². The first-order valence-corrected chi connectivity index (χ1v) is 7.64. The van der Waals surface area contributed by atoms with E-state index in [9.17, 15) is 4.79 Å². The van der Waals surface area contributed by atoms with E-state index < -0.39 is 0 Å². The predicted molar refractivity (Wildman–Crippen MR) is 79.5 cm³/mol. The number of carbonyl (C=O) groups excluding carboxylic acids is 1. The van der Waals surface area contributed by atoms with Crippen LogP contribution in [0.4, 0.5) is 11.5 Å². The lowest BCUT2D eigenvalue weighted by Gasteiger charge is -2.07. The highest BCUT2D eigenvalue weighted by Crippen LogP contribution is 2.35. The zero-order valence-corrected chi connectivity index (χ0v) is 11.8. The smallest absolute Gasteiger partial charge is 0.198 e. The molecular formula is C13H8N4OS2. The maximum atomic E-state index is 11.4. The van der Waals surface area contributed by atoms with Gasteiger partial charge in [0.05, 0.1) is 5.51 Å². The lowest BCUT2D eigenvalue weighted by Crippen LogP contribution is -1.96.